The average Bonchev–Trinajstić information content (AvgIpc) is 2.40. The minimum atomic E-state index is -0.978. The summed E-state index contributed by atoms with van der Waals surface area (Å²) in [4.78, 5) is 23.0. The largest absolute Gasteiger partial charge is 0.490 e. The van der Waals surface area contributed by atoms with Gasteiger partial charge in [0.05, 0.1) is 30.9 Å². The van der Waals surface area contributed by atoms with Crippen LogP contribution in [0.5, 0.6) is 11.5 Å². The smallest absolute Gasteiger partial charge is 0.379 e. The van der Waals surface area contributed by atoms with Crippen LogP contribution in [0.3, 0.4) is 0 Å². The van der Waals surface area contributed by atoms with Crippen LogP contribution in [-0.2, 0) is 9.53 Å². The lowest BCUT2D eigenvalue weighted by Gasteiger charge is -2.13. The number of ether oxygens (including phenoxy) is 3. The molecule has 1 rings (SSSR count). The molecule has 0 fully saturated rings. The lowest BCUT2D eigenvalue weighted by Crippen LogP contribution is -2.16. The Morgan fingerprint density at radius 2 is 1.63 bits per heavy atom. The summed E-state index contributed by atoms with van der Waals surface area (Å²) in [5.74, 6) is -1.01. The highest BCUT2D eigenvalue weighted by Gasteiger charge is 2.22. The number of rotatable bonds is 6. The molecule has 104 valence electrons. The molecule has 0 saturated heterocycles. The van der Waals surface area contributed by atoms with Crippen LogP contribution in [0.4, 0.5) is 0 Å². The maximum atomic E-state index is 11.8. The molecule has 5 nitrogen and oxygen atoms in total. The van der Waals surface area contributed by atoms with Gasteiger partial charge in [0.2, 0.25) is 0 Å². The van der Waals surface area contributed by atoms with Crippen LogP contribution in [0.25, 0.3) is 0 Å². The van der Waals surface area contributed by atoms with Crippen molar-refractivity contribution in [3.63, 3.8) is 0 Å². The van der Waals surface area contributed by atoms with E-state index in [9.17, 15) is 9.59 Å². The number of Topliss-reactive ketones (excluding diaryl/α,β-unsaturated/α-hetero) is 1. The van der Waals surface area contributed by atoms with E-state index >= 15 is 0 Å². The summed E-state index contributed by atoms with van der Waals surface area (Å²) < 4.78 is 15.1. The second kappa shape index (κ2) is 6.99. The number of carbonyl (C=O) groups is 2. The second-order valence-electron chi connectivity index (χ2n) is 3.47. The maximum absolute atomic E-state index is 11.8. The van der Waals surface area contributed by atoms with E-state index in [1.165, 1.54) is 12.1 Å². The summed E-state index contributed by atoms with van der Waals surface area (Å²) in [6.45, 7) is 4.44. The molecular formula is C13H15ClO5. The molecule has 0 aliphatic rings. The van der Waals surface area contributed by atoms with Crippen LogP contribution in [0.15, 0.2) is 12.1 Å². The zero-order valence-electron chi connectivity index (χ0n) is 11.0. The standard InChI is InChI=1S/C13H15ClO5/c1-4-18-10-6-8(12(15)13(16)17-3)9(14)7-11(10)19-5-2/h6-7H,4-5H2,1-3H3. The predicted molar refractivity (Wildman–Crippen MR) is 70.1 cm³/mol. The van der Waals surface area contributed by atoms with Gasteiger partial charge in [-0.15, -0.1) is 0 Å². The third-order valence-corrected chi connectivity index (χ3v) is 2.56. The quantitative estimate of drug-likeness (QED) is 0.457. The molecule has 19 heavy (non-hydrogen) atoms. The summed E-state index contributed by atoms with van der Waals surface area (Å²) in [6.07, 6.45) is 0. The minimum absolute atomic E-state index is 0.0282. The first-order valence-corrected chi connectivity index (χ1v) is 6.14. The van der Waals surface area contributed by atoms with Gasteiger partial charge in [0, 0.05) is 6.07 Å². The lowest BCUT2D eigenvalue weighted by atomic mass is 10.1. The van der Waals surface area contributed by atoms with E-state index in [0.717, 1.165) is 7.11 Å². The van der Waals surface area contributed by atoms with E-state index in [4.69, 9.17) is 21.1 Å². The summed E-state index contributed by atoms with van der Waals surface area (Å²) in [7, 11) is 1.13. The van der Waals surface area contributed by atoms with Gasteiger partial charge < -0.3 is 14.2 Å². The number of hydrogen-bond donors (Lipinski definition) is 0. The molecule has 0 aromatic heterocycles. The Morgan fingerprint density at radius 1 is 1.11 bits per heavy atom. The Hall–Kier alpha value is -1.75. The van der Waals surface area contributed by atoms with E-state index in [1.54, 1.807) is 6.92 Å². The van der Waals surface area contributed by atoms with E-state index in [0.29, 0.717) is 24.7 Å². The fourth-order valence-electron chi connectivity index (χ4n) is 1.45. The second-order valence-corrected chi connectivity index (χ2v) is 3.87. The predicted octanol–water partition coefficient (Wildman–Crippen LogP) is 2.49. The van der Waals surface area contributed by atoms with Crippen molar-refractivity contribution in [1.29, 1.82) is 0 Å². The number of hydrogen-bond acceptors (Lipinski definition) is 5. The molecule has 0 N–H and O–H groups in total. The first kappa shape index (κ1) is 15.3. The Balaban J connectivity index is 3.23. The Morgan fingerprint density at radius 3 is 2.11 bits per heavy atom. The zero-order valence-corrected chi connectivity index (χ0v) is 11.7. The van der Waals surface area contributed by atoms with Crippen molar-refractivity contribution in [3.05, 3.63) is 22.7 Å². The van der Waals surface area contributed by atoms with Crippen molar-refractivity contribution in [3.8, 4) is 11.5 Å². The molecule has 0 aliphatic heterocycles. The van der Waals surface area contributed by atoms with Crippen LogP contribution >= 0.6 is 11.6 Å². The van der Waals surface area contributed by atoms with Crippen molar-refractivity contribution in [2.45, 2.75) is 13.8 Å². The molecule has 0 amide bonds. The maximum Gasteiger partial charge on any atom is 0.379 e. The van der Waals surface area contributed by atoms with Gasteiger partial charge >= 0.3 is 5.97 Å². The van der Waals surface area contributed by atoms with Crippen LogP contribution < -0.4 is 9.47 Å². The van der Waals surface area contributed by atoms with Crippen LogP contribution in [-0.4, -0.2) is 32.1 Å². The Labute approximate surface area is 116 Å². The Bertz CT molecular complexity index is 484. The highest BCUT2D eigenvalue weighted by atomic mass is 35.5. The van der Waals surface area contributed by atoms with Gasteiger partial charge in [0.1, 0.15) is 0 Å². The van der Waals surface area contributed by atoms with Gasteiger partial charge in [-0.1, -0.05) is 11.6 Å². The van der Waals surface area contributed by atoms with Gasteiger partial charge in [-0.3, -0.25) is 4.79 Å². The van der Waals surface area contributed by atoms with Gasteiger partial charge in [0.25, 0.3) is 5.78 Å². The molecule has 0 heterocycles. The Kier molecular flexibility index (Phi) is 5.63. The van der Waals surface area contributed by atoms with E-state index < -0.39 is 11.8 Å². The molecule has 0 atom stereocenters. The van der Waals surface area contributed by atoms with Crippen molar-refractivity contribution in [2.75, 3.05) is 20.3 Å². The molecular weight excluding hydrogens is 272 g/mol. The highest BCUT2D eigenvalue weighted by molar-refractivity contribution is 6.45. The summed E-state index contributed by atoms with van der Waals surface area (Å²) in [6, 6.07) is 2.84. The SMILES string of the molecule is CCOc1cc(Cl)c(C(=O)C(=O)OC)cc1OCC. The fraction of sp³-hybridized carbons (Fsp3) is 0.385. The molecule has 1 aromatic carbocycles. The molecule has 0 radical (unpaired) electrons. The van der Waals surface area contributed by atoms with Crippen LogP contribution in [0, 0.1) is 0 Å². The topological polar surface area (TPSA) is 61.8 Å². The molecule has 0 aliphatic carbocycles. The molecule has 0 unspecified atom stereocenters. The number of benzene rings is 1. The first-order chi connectivity index (χ1) is 9.04. The van der Waals surface area contributed by atoms with Crippen LogP contribution in [0.2, 0.25) is 5.02 Å². The first-order valence-electron chi connectivity index (χ1n) is 5.76. The normalized spacial score (nSPS) is 9.89. The van der Waals surface area contributed by atoms with Crippen molar-refractivity contribution in [1.82, 2.24) is 0 Å². The molecule has 0 saturated carbocycles. The number of halogens is 1. The third kappa shape index (κ3) is 3.61. The van der Waals surface area contributed by atoms with E-state index in [1.807, 2.05) is 6.92 Å². The summed E-state index contributed by atoms with van der Waals surface area (Å²) in [5.41, 5.74) is 0.0282. The molecule has 1 aromatic rings. The van der Waals surface area contributed by atoms with Gasteiger partial charge in [-0.25, -0.2) is 4.79 Å². The lowest BCUT2D eigenvalue weighted by molar-refractivity contribution is -0.135. The monoisotopic (exact) mass is 286 g/mol. The van der Waals surface area contributed by atoms with Gasteiger partial charge in [0.15, 0.2) is 11.5 Å². The van der Waals surface area contributed by atoms with Crippen molar-refractivity contribution < 1.29 is 23.8 Å². The third-order valence-electron chi connectivity index (χ3n) is 2.25. The summed E-state index contributed by atoms with van der Waals surface area (Å²) in [5, 5.41) is 0.113. The van der Waals surface area contributed by atoms with E-state index in [2.05, 4.69) is 4.74 Å². The van der Waals surface area contributed by atoms with E-state index in [-0.39, 0.29) is 10.6 Å². The number of carbonyl (C=O) groups excluding carboxylic acids is 2. The number of esters is 1. The average molecular weight is 287 g/mol. The minimum Gasteiger partial charge on any atom is -0.490 e. The highest BCUT2D eigenvalue weighted by Crippen LogP contribution is 2.34. The number of ketones is 1. The fourth-order valence-corrected chi connectivity index (χ4v) is 1.69. The summed E-state index contributed by atoms with van der Waals surface area (Å²) >= 11 is 5.97. The molecule has 0 spiro atoms. The molecule has 6 heteroatoms. The van der Waals surface area contributed by atoms with Crippen LogP contribution in [0.1, 0.15) is 24.2 Å². The van der Waals surface area contributed by atoms with Gasteiger partial charge in [-0.2, -0.15) is 0 Å². The van der Waals surface area contributed by atoms with Crippen molar-refractivity contribution >= 4 is 23.4 Å². The zero-order chi connectivity index (χ0) is 14.4. The van der Waals surface area contributed by atoms with Crippen molar-refractivity contribution in [2.24, 2.45) is 0 Å². The number of methoxy groups -OCH3 is 1. The van der Waals surface area contributed by atoms with Gasteiger partial charge in [-0.05, 0) is 19.9 Å². The molecule has 0 bridgehead atoms.